The highest BCUT2D eigenvalue weighted by Crippen LogP contribution is 2.37. The average molecular weight is 186 g/mol. The van der Waals surface area contributed by atoms with E-state index in [0.717, 1.165) is 14.3 Å². The predicted octanol–water partition coefficient (Wildman–Crippen LogP) is 2.16. The first-order valence-electron chi connectivity index (χ1n) is 3.11. The van der Waals surface area contributed by atoms with Crippen LogP contribution >= 0.6 is 22.7 Å². The third-order valence-corrected chi connectivity index (χ3v) is 3.69. The summed E-state index contributed by atoms with van der Waals surface area (Å²) >= 11 is 3.03. The molecule has 0 spiro atoms. The fourth-order valence-corrected chi connectivity index (χ4v) is 2.99. The van der Waals surface area contributed by atoms with Gasteiger partial charge in [0.1, 0.15) is 5.75 Å². The van der Waals surface area contributed by atoms with Gasteiger partial charge in [0.2, 0.25) is 0 Å². The summed E-state index contributed by atoms with van der Waals surface area (Å²) in [4.78, 5) is 0.905. The molecule has 0 saturated carbocycles. The van der Waals surface area contributed by atoms with Gasteiger partial charge in [-0.3, -0.25) is 0 Å². The van der Waals surface area contributed by atoms with Crippen LogP contribution in [0.25, 0.3) is 9.40 Å². The first kappa shape index (κ1) is 7.09. The highest BCUT2D eigenvalue weighted by atomic mass is 32.2. The zero-order chi connectivity index (χ0) is 7.84. The smallest absolute Gasteiger partial charge is 0.135 e. The Morgan fingerprint density at radius 3 is 2.91 bits per heavy atom. The van der Waals surface area contributed by atoms with Crippen molar-refractivity contribution in [2.45, 2.75) is 6.61 Å². The van der Waals surface area contributed by atoms with Crippen LogP contribution in [-0.2, 0) is 6.61 Å². The van der Waals surface area contributed by atoms with Crippen molar-refractivity contribution in [3.63, 3.8) is 0 Å². The molecule has 0 atom stereocenters. The van der Waals surface area contributed by atoms with Crippen LogP contribution < -0.4 is 0 Å². The number of aromatic hydroxyl groups is 1. The van der Waals surface area contributed by atoms with Crippen molar-refractivity contribution in [1.29, 1.82) is 0 Å². The van der Waals surface area contributed by atoms with Gasteiger partial charge in [0.25, 0.3) is 0 Å². The highest BCUT2D eigenvalue weighted by molar-refractivity contribution is 7.37. The van der Waals surface area contributed by atoms with Gasteiger partial charge in [-0.1, -0.05) is 0 Å². The van der Waals surface area contributed by atoms with Gasteiger partial charge in [0.05, 0.1) is 10.6 Å². The van der Waals surface area contributed by atoms with Gasteiger partial charge in [-0.2, -0.15) is 0 Å². The van der Waals surface area contributed by atoms with Crippen LogP contribution in [-0.4, -0.2) is 10.2 Å². The minimum atomic E-state index is 0.0610. The summed E-state index contributed by atoms with van der Waals surface area (Å²) in [5.74, 6) is 0.320. The maximum atomic E-state index is 9.26. The van der Waals surface area contributed by atoms with Crippen LogP contribution in [0.4, 0.5) is 0 Å². The number of aliphatic hydroxyl groups excluding tert-OH is 1. The molecule has 0 aliphatic carbocycles. The van der Waals surface area contributed by atoms with E-state index in [1.807, 2.05) is 6.07 Å². The molecule has 2 rings (SSSR count). The lowest BCUT2D eigenvalue weighted by Gasteiger charge is -1.82. The van der Waals surface area contributed by atoms with Gasteiger partial charge < -0.3 is 10.2 Å². The molecule has 0 amide bonds. The molecule has 2 nitrogen and oxygen atoms in total. The minimum Gasteiger partial charge on any atom is -0.506 e. The van der Waals surface area contributed by atoms with Crippen molar-refractivity contribution in [1.82, 2.24) is 0 Å². The van der Waals surface area contributed by atoms with Gasteiger partial charge in [-0.15, -0.1) is 22.7 Å². The van der Waals surface area contributed by atoms with Gasteiger partial charge in [-0.05, 0) is 6.07 Å². The third kappa shape index (κ3) is 1.03. The second-order valence-corrected chi connectivity index (χ2v) is 4.47. The van der Waals surface area contributed by atoms with Crippen molar-refractivity contribution < 1.29 is 10.2 Å². The quantitative estimate of drug-likeness (QED) is 0.716. The van der Waals surface area contributed by atoms with Crippen molar-refractivity contribution in [2.75, 3.05) is 0 Å². The molecule has 0 aliphatic rings. The lowest BCUT2D eigenvalue weighted by Crippen LogP contribution is -1.70. The zero-order valence-electron chi connectivity index (χ0n) is 5.57. The maximum Gasteiger partial charge on any atom is 0.135 e. The van der Waals surface area contributed by atoms with E-state index in [-0.39, 0.29) is 6.61 Å². The number of hydrogen-bond acceptors (Lipinski definition) is 4. The van der Waals surface area contributed by atoms with E-state index in [1.165, 1.54) is 22.7 Å². The predicted molar refractivity (Wildman–Crippen MR) is 47.3 cm³/mol. The van der Waals surface area contributed by atoms with E-state index in [1.54, 1.807) is 5.38 Å². The molecule has 11 heavy (non-hydrogen) atoms. The monoisotopic (exact) mass is 186 g/mol. The first-order valence-corrected chi connectivity index (χ1v) is 4.80. The fraction of sp³-hybridized carbons (Fsp3) is 0.143. The van der Waals surface area contributed by atoms with Crippen LogP contribution in [0.2, 0.25) is 0 Å². The molecule has 2 heterocycles. The Balaban J connectivity index is 2.70. The van der Waals surface area contributed by atoms with E-state index in [0.29, 0.717) is 5.75 Å². The Bertz CT molecular complexity index is 375. The van der Waals surface area contributed by atoms with Crippen molar-refractivity contribution in [2.24, 2.45) is 0 Å². The Kier molecular flexibility index (Phi) is 1.60. The molecule has 0 bridgehead atoms. The van der Waals surface area contributed by atoms with E-state index < -0.39 is 0 Å². The molecular formula is C7H6O2S2. The largest absolute Gasteiger partial charge is 0.506 e. The lowest BCUT2D eigenvalue weighted by molar-refractivity contribution is 0.285. The zero-order valence-corrected chi connectivity index (χ0v) is 7.21. The van der Waals surface area contributed by atoms with Gasteiger partial charge >= 0.3 is 0 Å². The number of rotatable bonds is 1. The molecule has 0 aliphatic heterocycles. The van der Waals surface area contributed by atoms with E-state index in [2.05, 4.69) is 0 Å². The Hall–Kier alpha value is -0.580. The molecule has 2 N–H and O–H groups in total. The van der Waals surface area contributed by atoms with Gasteiger partial charge in [-0.25, -0.2) is 0 Å². The lowest BCUT2D eigenvalue weighted by atomic mass is 10.3. The molecule has 0 aromatic carbocycles. The minimum absolute atomic E-state index is 0.0610. The van der Waals surface area contributed by atoms with Crippen LogP contribution in [0.15, 0.2) is 11.4 Å². The molecule has 4 heteroatoms. The standard InChI is InChI=1S/C7H6O2S2/c8-2-4-1-5-6(9)3-10-7(5)11-4/h1,3,8-9H,2H2. The molecular weight excluding hydrogens is 180 g/mol. The third-order valence-electron chi connectivity index (χ3n) is 1.46. The van der Waals surface area contributed by atoms with Gasteiger partial charge in [0.15, 0.2) is 0 Å². The summed E-state index contributed by atoms with van der Waals surface area (Å²) in [7, 11) is 0. The molecule has 58 valence electrons. The number of fused-ring (bicyclic) bond motifs is 1. The Morgan fingerprint density at radius 2 is 2.27 bits per heavy atom. The maximum absolute atomic E-state index is 9.26. The van der Waals surface area contributed by atoms with Crippen molar-refractivity contribution >= 4 is 32.1 Å². The second kappa shape index (κ2) is 2.48. The molecule has 2 aromatic rings. The van der Waals surface area contributed by atoms with E-state index in [4.69, 9.17) is 5.11 Å². The Morgan fingerprint density at radius 1 is 1.45 bits per heavy atom. The Labute approximate surface area is 71.3 Å². The number of aliphatic hydroxyl groups is 1. The fourth-order valence-electron chi connectivity index (χ4n) is 0.940. The number of thiophene rings is 2. The van der Waals surface area contributed by atoms with Crippen LogP contribution in [0.5, 0.6) is 5.75 Å². The summed E-state index contributed by atoms with van der Waals surface area (Å²) in [5.41, 5.74) is 0. The van der Waals surface area contributed by atoms with Gasteiger partial charge in [0, 0.05) is 15.6 Å². The molecule has 2 aromatic heterocycles. The molecule has 0 fully saturated rings. The topological polar surface area (TPSA) is 40.5 Å². The first-order chi connectivity index (χ1) is 5.31. The normalized spacial score (nSPS) is 11.0. The highest BCUT2D eigenvalue weighted by Gasteiger charge is 2.06. The van der Waals surface area contributed by atoms with E-state index >= 15 is 0 Å². The second-order valence-electron chi connectivity index (χ2n) is 2.19. The van der Waals surface area contributed by atoms with Crippen molar-refractivity contribution in [3.8, 4) is 5.75 Å². The van der Waals surface area contributed by atoms with E-state index in [9.17, 15) is 5.11 Å². The van der Waals surface area contributed by atoms with Crippen LogP contribution in [0.1, 0.15) is 4.88 Å². The SMILES string of the molecule is OCc1cc2c(O)csc2s1. The van der Waals surface area contributed by atoms with Crippen molar-refractivity contribution in [3.05, 3.63) is 16.3 Å². The molecule has 0 saturated heterocycles. The summed E-state index contributed by atoms with van der Waals surface area (Å²) in [5, 5.41) is 20.6. The summed E-state index contributed by atoms with van der Waals surface area (Å²) < 4.78 is 1.08. The summed E-state index contributed by atoms with van der Waals surface area (Å²) in [6.45, 7) is 0.0610. The molecule has 0 radical (unpaired) electrons. The summed E-state index contributed by atoms with van der Waals surface area (Å²) in [6, 6.07) is 1.83. The van der Waals surface area contributed by atoms with Crippen LogP contribution in [0, 0.1) is 0 Å². The average Bonchev–Trinajstić information content (AvgIpc) is 2.53. The van der Waals surface area contributed by atoms with Crippen LogP contribution in [0.3, 0.4) is 0 Å². The molecule has 0 unspecified atom stereocenters. The number of hydrogen-bond donors (Lipinski definition) is 2. The summed E-state index contributed by atoms with van der Waals surface area (Å²) in [6.07, 6.45) is 0.